The van der Waals surface area contributed by atoms with Gasteiger partial charge in [-0.15, -0.1) is 0 Å². The van der Waals surface area contributed by atoms with Gasteiger partial charge >= 0.3 is 12.2 Å². The summed E-state index contributed by atoms with van der Waals surface area (Å²) in [5.74, 6) is -0.00313. The number of nitrogen functional groups attached to an aromatic ring is 1. The van der Waals surface area contributed by atoms with Gasteiger partial charge in [0.1, 0.15) is 18.2 Å². The van der Waals surface area contributed by atoms with Crippen LogP contribution in [0.25, 0.3) is 11.2 Å². The van der Waals surface area contributed by atoms with Crippen molar-refractivity contribution < 1.29 is 23.4 Å². The van der Waals surface area contributed by atoms with Gasteiger partial charge in [-0.25, -0.2) is 9.78 Å². The molecule has 2 aliphatic rings. The number of nitrogens with zero attached hydrogens (tertiary/aromatic N) is 4. The Kier molecular flexibility index (Phi) is 6.03. The first-order chi connectivity index (χ1) is 14.5. The molecule has 2 aromatic rings. The van der Waals surface area contributed by atoms with Gasteiger partial charge in [-0.05, 0) is 37.5 Å². The maximum absolute atomic E-state index is 13.4. The van der Waals surface area contributed by atoms with E-state index in [1.807, 2.05) is 0 Å². The summed E-state index contributed by atoms with van der Waals surface area (Å²) in [4.78, 5) is 23.4. The smallest absolute Gasteiger partial charge is 0.432 e. The van der Waals surface area contributed by atoms with Crippen molar-refractivity contribution in [1.29, 1.82) is 0 Å². The van der Waals surface area contributed by atoms with Crippen molar-refractivity contribution in [2.45, 2.75) is 70.1 Å². The lowest BCUT2D eigenvalue weighted by atomic mass is 9.59. The average molecular weight is 421 g/mol. The summed E-state index contributed by atoms with van der Waals surface area (Å²) in [6.07, 6.45) is 8.38. The van der Waals surface area contributed by atoms with E-state index >= 15 is 0 Å². The van der Waals surface area contributed by atoms with Crippen molar-refractivity contribution in [3.8, 4) is 0 Å². The van der Waals surface area contributed by atoms with Crippen molar-refractivity contribution in [3.63, 3.8) is 0 Å². The molecular formula is C20H28FN5O4. The standard InChI is InChI=1S/C20H28FN5O4/c1-28-13(5-8-26-12-23-15-16(22)24-18(21)25-17(15)26)11-29-19(27)30-14-9-20(10-14)6-3-2-4-7-20/h12-14H,2-11H2,1H3,(H2,22,24,25). The lowest BCUT2D eigenvalue weighted by Gasteiger charge is -2.49. The number of imidazole rings is 1. The zero-order chi connectivity index (χ0) is 21.1. The number of fused-ring (bicyclic) bond motifs is 1. The fourth-order valence-corrected chi connectivity index (χ4v) is 4.68. The number of anilines is 1. The second kappa shape index (κ2) is 8.71. The van der Waals surface area contributed by atoms with Crippen LogP contribution in [0.3, 0.4) is 0 Å². The van der Waals surface area contributed by atoms with Crippen LogP contribution in [0.15, 0.2) is 6.33 Å². The molecule has 30 heavy (non-hydrogen) atoms. The van der Waals surface area contributed by atoms with E-state index in [1.165, 1.54) is 38.4 Å². The Morgan fingerprint density at radius 2 is 2.10 bits per heavy atom. The molecule has 4 rings (SSSR count). The topological polar surface area (TPSA) is 114 Å². The molecule has 0 bridgehead atoms. The highest BCUT2D eigenvalue weighted by atomic mass is 19.1. The summed E-state index contributed by atoms with van der Waals surface area (Å²) in [5.41, 5.74) is 6.74. The predicted octanol–water partition coefficient (Wildman–Crippen LogP) is 3.22. The molecule has 2 fully saturated rings. The molecule has 10 heteroatoms. The molecule has 2 aromatic heterocycles. The van der Waals surface area contributed by atoms with E-state index < -0.39 is 12.2 Å². The van der Waals surface area contributed by atoms with Crippen LogP contribution in [-0.2, 0) is 20.8 Å². The Morgan fingerprint density at radius 1 is 1.33 bits per heavy atom. The largest absolute Gasteiger partial charge is 0.508 e. The summed E-state index contributed by atoms with van der Waals surface area (Å²) in [6.45, 7) is 0.514. The van der Waals surface area contributed by atoms with E-state index in [0.717, 1.165) is 12.8 Å². The van der Waals surface area contributed by atoms with Crippen molar-refractivity contribution >= 4 is 23.1 Å². The quantitative estimate of drug-likeness (QED) is 0.535. The summed E-state index contributed by atoms with van der Waals surface area (Å²) in [5, 5.41) is 0. The highest BCUT2D eigenvalue weighted by Crippen LogP contribution is 2.52. The minimum absolute atomic E-state index is 0.00313. The van der Waals surface area contributed by atoms with Crippen LogP contribution < -0.4 is 5.73 Å². The highest BCUT2D eigenvalue weighted by Gasteiger charge is 2.46. The number of carbonyl (C=O) groups excluding carboxylic acids is 1. The number of hydrogen-bond donors (Lipinski definition) is 1. The first kappa shape index (κ1) is 20.8. The normalized spacial score (nSPS) is 19.5. The third-order valence-corrected chi connectivity index (χ3v) is 6.37. The van der Waals surface area contributed by atoms with Crippen molar-refractivity contribution in [3.05, 3.63) is 12.4 Å². The van der Waals surface area contributed by atoms with Gasteiger partial charge in [0.05, 0.1) is 12.4 Å². The van der Waals surface area contributed by atoms with Gasteiger partial charge in [0.2, 0.25) is 0 Å². The molecule has 1 spiro atoms. The first-order valence-corrected chi connectivity index (χ1v) is 10.5. The Labute approximate surface area is 174 Å². The lowest BCUT2D eigenvalue weighted by molar-refractivity contribution is -0.0880. The molecule has 1 unspecified atom stereocenters. The van der Waals surface area contributed by atoms with Gasteiger partial charge in [0.25, 0.3) is 0 Å². The molecule has 0 amide bonds. The van der Waals surface area contributed by atoms with E-state index in [0.29, 0.717) is 29.5 Å². The monoisotopic (exact) mass is 421 g/mol. The molecule has 2 saturated carbocycles. The molecule has 0 radical (unpaired) electrons. The predicted molar refractivity (Wildman–Crippen MR) is 106 cm³/mol. The van der Waals surface area contributed by atoms with Crippen LogP contribution in [0.5, 0.6) is 0 Å². The van der Waals surface area contributed by atoms with Crippen LogP contribution >= 0.6 is 0 Å². The van der Waals surface area contributed by atoms with Gasteiger partial charge in [-0.3, -0.25) is 0 Å². The molecule has 2 aliphatic carbocycles. The number of methoxy groups -OCH3 is 1. The highest BCUT2D eigenvalue weighted by molar-refractivity contribution is 5.81. The maximum atomic E-state index is 13.4. The van der Waals surface area contributed by atoms with Gasteiger partial charge in [-0.1, -0.05) is 19.3 Å². The Hall–Kier alpha value is -2.49. The second-order valence-corrected chi connectivity index (χ2v) is 8.40. The number of hydrogen-bond acceptors (Lipinski definition) is 8. The SMILES string of the molecule is COC(CCn1cnc2c(N)nc(F)nc21)COC(=O)OC1CC2(CCCCC2)C1. The summed E-state index contributed by atoms with van der Waals surface area (Å²) < 4.78 is 31.2. The summed E-state index contributed by atoms with van der Waals surface area (Å²) in [7, 11) is 1.55. The third-order valence-electron chi connectivity index (χ3n) is 6.37. The van der Waals surface area contributed by atoms with Gasteiger partial charge < -0.3 is 24.5 Å². The first-order valence-electron chi connectivity index (χ1n) is 10.5. The van der Waals surface area contributed by atoms with Crippen LogP contribution in [0.1, 0.15) is 51.4 Å². The zero-order valence-electron chi connectivity index (χ0n) is 17.2. The Balaban J connectivity index is 1.22. The van der Waals surface area contributed by atoms with Crippen molar-refractivity contribution in [1.82, 2.24) is 19.5 Å². The van der Waals surface area contributed by atoms with Crippen LogP contribution in [0, 0.1) is 11.5 Å². The molecule has 2 heterocycles. The molecular weight excluding hydrogens is 393 g/mol. The average Bonchev–Trinajstić information content (AvgIpc) is 3.11. The van der Waals surface area contributed by atoms with Gasteiger partial charge in [0.15, 0.2) is 11.5 Å². The summed E-state index contributed by atoms with van der Waals surface area (Å²) in [6, 6.07) is 0. The van der Waals surface area contributed by atoms with Crippen molar-refractivity contribution in [2.75, 3.05) is 19.5 Å². The lowest BCUT2D eigenvalue weighted by Crippen LogP contribution is -2.44. The number of carbonyl (C=O) groups is 1. The fourth-order valence-electron chi connectivity index (χ4n) is 4.68. The van der Waals surface area contributed by atoms with E-state index in [2.05, 4.69) is 15.0 Å². The molecule has 0 aliphatic heterocycles. The molecule has 9 nitrogen and oxygen atoms in total. The Bertz CT molecular complexity index is 891. The maximum Gasteiger partial charge on any atom is 0.508 e. The van der Waals surface area contributed by atoms with E-state index in [4.69, 9.17) is 19.9 Å². The number of aryl methyl sites for hydroxylation is 1. The number of rotatable bonds is 7. The fraction of sp³-hybridized carbons (Fsp3) is 0.700. The number of nitrogens with two attached hydrogens (primary N) is 1. The second-order valence-electron chi connectivity index (χ2n) is 8.40. The molecule has 1 atom stereocenters. The zero-order valence-corrected chi connectivity index (χ0v) is 17.2. The van der Waals surface area contributed by atoms with Crippen molar-refractivity contribution in [2.24, 2.45) is 5.41 Å². The number of halogens is 1. The van der Waals surface area contributed by atoms with Gasteiger partial charge in [0, 0.05) is 13.7 Å². The number of aromatic nitrogens is 4. The van der Waals surface area contributed by atoms with Crippen LogP contribution in [0.2, 0.25) is 0 Å². The van der Waals surface area contributed by atoms with Gasteiger partial charge in [-0.2, -0.15) is 14.4 Å². The molecule has 164 valence electrons. The Morgan fingerprint density at radius 3 is 2.83 bits per heavy atom. The third kappa shape index (κ3) is 4.48. The van der Waals surface area contributed by atoms with E-state index in [-0.39, 0.29) is 24.6 Å². The summed E-state index contributed by atoms with van der Waals surface area (Å²) >= 11 is 0. The molecule has 0 aromatic carbocycles. The van der Waals surface area contributed by atoms with E-state index in [9.17, 15) is 9.18 Å². The minimum Gasteiger partial charge on any atom is -0.432 e. The number of ether oxygens (including phenoxy) is 3. The minimum atomic E-state index is -0.901. The van der Waals surface area contributed by atoms with Crippen LogP contribution in [0.4, 0.5) is 15.0 Å². The molecule has 2 N–H and O–H groups in total. The van der Waals surface area contributed by atoms with Crippen LogP contribution in [-0.4, -0.2) is 51.6 Å². The molecule has 0 saturated heterocycles. The van der Waals surface area contributed by atoms with E-state index in [1.54, 1.807) is 11.7 Å².